The van der Waals surface area contributed by atoms with E-state index in [1.54, 1.807) is 6.08 Å². The lowest BCUT2D eigenvalue weighted by Gasteiger charge is -2.48. The Bertz CT molecular complexity index is 1880. The van der Waals surface area contributed by atoms with E-state index in [1.165, 1.54) is 238 Å². The van der Waals surface area contributed by atoms with Gasteiger partial charge in [-0.15, -0.1) is 0 Å². The lowest BCUT2D eigenvalue weighted by atomic mass is 9.96. The van der Waals surface area contributed by atoms with Crippen molar-refractivity contribution in [2.75, 3.05) is 26.4 Å². The van der Waals surface area contributed by atoms with Crippen LogP contribution < -0.4 is 5.32 Å². The van der Waals surface area contributed by atoms with Crippen molar-refractivity contribution in [3.63, 3.8) is 0 Å². The summed E-state index contributed by atoms with van der Waals surface area (Å²) in [6.45, 7) is 1.76. The van der Waals surface area contributed by atoms with Crippen LogP contribution in [0.4, 0.5) is 0 Å². The third-order valence-corrected chi connectivity index (χ3v) is 19.7. The highest BCUT2D eigenvalue weighted by Crippen LogP contribution is 2.33. The van der Waals surface area contributed by atoms with Gasteiger partial charge in [0, 0.05) is 6.42 Å². The summed E-state index contributed by atoms with van der Waals surface area (Å²) in [5.74, 6) is -0.283. The molecule has 3 heterocycles. The van der Waals surface area contributed by atoms with Crippen molar-refractivity contribution in [3.8, 4) is 0 Å². The maximum Gasteiger partial charge on any atom is 0.220 e. The van der Waals surface area contributed by atoms with Crippen LogP contribution in [0.3, 0.4) is 0 Å². The van der Waals surface area contributed by atoms with Crippen LogP contribution >= 0.6 is 0 Å². The summed E-state index contributed by atoms with van der Waals surface area (Å²) >= 11 is 0. The summed E-state index contributed by atoms with van der Waals surface area (Å²) in [5.41, 5.74) is 0. The number of hydrogen-bond donors (Lipinski definition) is 12. The van der Waals surface area contributed by atoms with Crippen molar-refractivity contribution in [1.29, 1.82) is 0 Å². The number of nitrogens with one attached hydrogen (secondary N) is 1. The van der Waals surface area contributed by atoms with E-state index < -0.39 is 124 Å². The highest BCUT2D eigenvalue weighted by atomic mass is 16.8. The molecule has 0 saturated carbocycles. The van der Waals surface area contributed by atoms with Gasteiger partial charge >= 0.3 is 0 Å². The van der Waals surface area contributed by atoms with E-state index in [2.05, 4.69) is 43.5 Å². The quantitative estimate of drug-likeness (QED) is 0.0199. The number of hydrogen-bond acceptors (Lipinski definition) is 18. The molecule has 0 radical (unpaired) electrons. The molecule has 0 bridgehead atoms. The summed E-state index contributed by atoms with van der Waals surface area (Å²) in [6, 6.07) is -0.995. The van der Waals surface area contributed by atoms with Gasteiger partial charge in [0.05, 0.1) is 38.6 Å². The summed E-state index contributed by atoms with van der Waals surface area (Å²) in [7, 11) is 0. The minimum atomic E-state index is -1.98. The zero-order valence-electron chi connectivity index (χ0n) is 60.1. The van der Waals surface area contributed by atoms with Gasteiger partial charge in [0.2, 0.25) is 5.91 Å². The molecule has 0 aromatic carbocycles. The average molecular weight is 1370 g/mol. The first kappa shape index (κ1) is 88.2. The first-order valence-electron chi connectivity index (χ1n) is 39.2. The van der Waals surface area contributed by atoms with Crippen LogP contribution in [0.15, 0.2) is 36.5 Å². The maximum absolute atomic E-state index is 13.5. The highest BCUT2D eigenvalue weighted by Gasteiger charge is 2.53. The van der Waals surface area contributed by atoms with Gasteiger partial charge in [-0.3, -0.25) is 4.79 Å². The van der Waals surface area contributed by atoms with Gasteiger partial charge < -0.3 is 89.9 Å². The number of carbonyl (C=O) groups excluding carboxylic acids is 1. The lowest BCUT2D eigenvalue weighted by Crippen LogP contribution is -2.66. The number of allylic oxidation sites excluding steroid dienone is 5. The first-order valence-corrected chi connectivity index (χ1v) is 39.2. The molecule has 3 aliphatic heterocycles. The van der Waals surface area contributed by atoms with Gasteiger partial charge in [0.25, 0.3) is 0 Å². The number of amides is 1. The Hall–Kier alpha value is -1.99. The third-order valence-electron chi connectivity index (χ3n) is 19.7. The molecule has 19 heteroatoms. The van der Waals surface area contributed by atoms with E-state index in [0.717, 1.165) is 44.9 Å². The number of carbonyl (C=O) groups is 1. The fraction of sp³-hybridized carbons (Fsp3) is 0.909. The van der Waals surface area contributed by atoms with Crippen molar-refractivity contribution in [1.82, 2.24) is 5.32 Å². The molecular weight excluding hydrogens is 1230 g/mol. The molecule has 3 fully saturated rings. The second-order valence-corrected chi connectivity index (χ2v) is 28.2. The summed E-state index contributed by atoms with van der Waals surface area (Å²) < 4.78 is 34.4. The molecule has 0 spiro atoms. The smallest absolute Gasteiger partial charge is 0.220 e. The zero-order valence-corrected chi connectivity index (χ0v) is 60.1. The lowest BCUT2D eigenvalue weighted by molar-refractivity contribution is -0.379. The van der Waals surface area contributed by atoms with Crippen LogP contribution in [0.1, 0.15) is 316 Å². The number of aliphatic hydroxyl groups is 11. The Balaban J connectivity index is 1.40. The molecule has 0 aromatic heterocycles. The van der Waals surface area contributed by atoms with E-state index >= 15 is 0 Å². The SMILES string of the molecule is CCCCCCCCCCCCCCC/C=C/CC/C=C/CC/C=C/C(O)C(COC1OC(CO)C(OC2OC(CO)C(OC3OC(CO)C(O)C(O)C3O)C(O)C2O)C(O)C1O)NC(=O)CCCCCCCCCCCCCCCCCCCCCCCCCCCCCC. The molecule has 0 aromatic rings. The van der Waals surface area contributed by atoms with E-state index in [0.29, 0.717) is 12.8 Å². The van der Waals surface area contributed by atoms with Crippen LogP contribution in [-0.4, -0.2) is 193 Å². The fourth-order valence-corrected chi connectivity index (χ4v) is 13.3. The number of unbranched alkanes of at least 4 members (excludes halogenated alkanes) is 42. The standard InChI is InChI=1S/C77H143NO18/c1-3-5-7-9-11-13-15-17-19-21-23-25-27-28-29-30-31-33-35-37-39-41-43-45-47-49-51-53-55-65(83)78-60(61(82)54-52-50-48-46-44-42-40-38-36-34-32-26-24-22-20-18-16-14-12-10-8-6-4-2)59-91-75-71(89)68(86)73(63(57-80)93-75)96-77-72(90)69(87)74(64(58-81)94-77)95-76-70(88)67(85)66(84)62(56-79)92-76/h36,38,44,46,52,54,60-64,66-77,79-82,84-90H,3-35,37,39-43,45,47-51,53,55-59H2,1-2H3,(H,78,83)/b38-36+,46-44+,54-52+. The van der Waals surface area contributed by atoms with Crippen LogP contribution in [-0.2, 0) is 33.2 Å². The second kappa shape index (κ2) is 58.5. The number of ether oxygens (including phenoxy) is 6. The molecule has 96 heavy (non-hydrogen) atoms. The van der Waals surface area contributed by atoms with Gasteiger partial charge in [-0.1, -0.05) is 301 Å². The molecule has 1 amide bonds. The Morgan fingerprint density at radius 2 is 0.667 bits per heavy atom. The number of rotatable bonds is 62. The van der Waals surface area contributed by atoms with Gasteiger partial charge in [-0.05, 0) is 44.9 Å². The predicted octanol–water partition coefficient (Wildman–Crippen LogP) is 12.3. The van der Waals surface area contributed by atoms with Crippen molar-refractivity contribution in [2.45, 2.75) is 420 Å². The van der Waals surface area contributed by atoms with E-state index in [1.807, 2.05) is 6.08 Å². The van der Waals surface area contributed by atoms with Gasteiger partial charge in [-0.2, -0.15) is 0 Å². The molecule has 0 aliphatic carbocycles. The van der Waals surface area contributed by atoms with Crippen LogP contribution in [0.2, 0.25) is 0 Å². The topological polar surface area (TPSA) is 307 Å². The zero-order chi connectivity index (χ0) is 69.6. The third kappa shape index (κ3) is 38.9. The largest absolute Gasteiger partial charge is 0.394 e. The van der Waals surface area contributed by atoms with Gasteiger partial charge in [0.15, 0.2) is 18.9 Å². The molecular formula is C77H143NO18. The van der Waals surface area contributed by atoms with Crippen molar-refractivity contribution < 1.29 is 89.4 Å². The van der Waals surface area contributed by atoms with Crippen molar-refractivity contribution in [3.05, 3.63) is 36.5 Å². The number of aliphatic hydroxyl groups excluding tert-OH is 11. The molecule has 17 atom stereocenters. The van der Waals surface area contributed by atoms with Crippen LogP contribution in [0.5, 0.6) is 0 Å². The summed E-state index contributed by atoms with van der Waals surface area (Å²) in [5, 5.41) is 121. The van der Waals surface area contributed by atoms with Crippen molar-refractivity contribution in [2.24, 2.45) is 0 Å². The molecule has 12 N–H and O–H groups in total. The Morgan fingerprint density at radius 1 is 0.365 bits per heavy atom. The molecule has 3 aliphatic rings. The average Bonchev–Trinajstić information content (AvgIpc) is 0.787. The molecule has 3 rings (SSSR count). The fourth-order valence-electron chi connectivity index (χ4n) is 13.3. The highest BCUT2D eigenvalue weighted by molar-refractivity contribution is 5.76. The van der Waals surface area contributed by atoms with Crippen molar-refractivity contribution >= 4 is 5.91 Å². The normalized spacial score (nSPS) is 27.2. The maximum atomic E-state index is 13.5. The predicted molar refractivity (Wildman–Crippen MR) is 379 cm³/mol. The minimum Gasteiger partial charge on any atom is -0.394 e. The van der Waals surface area contributed by atoms with Gasteiger partial charge in [0.1, 0.15) is 73.2 Å². The van der Waals surface area contributed by atoms with E-state index in [4.69, 9.17) is 28.4 Å². The Labute approximate surface area is 581 Å². The van der Waals surface area contributed by atoms with E-state index in [-0.39, 0.29) is 18.9 Å². The summed E-state index contributed by atoms with van der Waals surface area (Å²) in [4.78, 5) is 13.5. The molecule has 19 nitrogen and oxygen atoms in total. The minimum absolute atomic E-state index is 0.236. The molecule has 3 saturated heterocycles. The van der Waals surface area contributed by atoms with E-state index in [9.17, 15) is 61.0 Å². The van der Waals surface area contributed by atoms with Gasteiger partial charge in [-0.25, -0.2) is 0 Å². The molecule has 564 valence electrons. The Morgan fingerprint density at radius 3 is 1.04 bits per heavy atom. The van der Waals surface area contributed by atoms with Crippen LogP contribution in [0.25, 0.3) is 0 Å². The monoisotopic (exact) mass is 1370 g/mol. The summed E-state index contributed by atoms with van der Waals surface area (Å²) in [6.07, 6.45) is 44.2. The second-order valence-electron chi connectivity index (χ2n) is 28.2. The van der Waals surface area contributed by atoms with Crippen LogP contribution in [0, 0.1) is 0 Å². The first-order chi connectivity index (χ1) is 46.8. The Kier molecular flexibility index (Phi) is 53.8. The molecule has 17 unspecified atom stereocenters.